The molecule has 0 aromatic heterocycles. The lowest BCUT2D eigenvalue weighted by atomic mass is 10.1. The molecule has 25 heavy (non-hydrogen) atoms. The van der Waals surface area contributed by atoms with Crippen molar-refractivity contribution < 1.29 is 19.4 Å². The summed E-state index contributed by atoms with van der Waals surface area (Å²) in [7, 11) is 1.31. The zero-order chi connectivity index (χ0) is 18.1. The number of methoxy groups -OCH3 is 1. The number of rotatable bonds is 7. The van der Waals surface area contributed by atoms with Gasteiger partial charge in [-0.2, -0.15) is 0 Å². The van der Waals surface area contributed by atoms with Gasteiger partial charge in [0, 0.05) is 23.9 Å². The van der Waals surface area contributed by atoms with E-state index in [1.54, 1.807) is 24.3 Å². The summed E-state index contributed by atoms with van der Waals surface area (Å²) in [5.41, 5.74) is 2.86. The van der Waals surface area contributed by atoms with Crippen molar-refractivity contribution in [3.63, 3.8) is 0 Å². The molecule has 0 aliphatic rings. The largest absolute Gasteiger partial charge is 0.466 e. The minimum atomic E-state index is -0.460. The van der Waals surface area contributed by atoms with Crippen LogP contribution in [0.15, 0.2) is 54.6 Å². The molecule has 0 aliphatic heterocycles. The topological polar surface area (TPSA) is 75.6 Å². The van der Waals surface area contributed by atoms with Gasteiger partial charge in [0.2, 0.25) is 0 Å². The van der Waals surface area contributed by atoms with Gasteiger partial charge in [-0.15, -0.1) is 0 Å². The van der Waals surface area contributed by atoms with Crippen molar-refractivity contribution in [3.05, 3.63) is 71.3 Å². The number of para-hydroxylation sites is 1. The van der Waals surface area contributed by atoms with E-state index in [0.717, 1.165) is 12.0 Å². The molecule has 5 nitrogen and oxygen atoms in total. The van der Waals surface area contributed by atoms with Gasteiger partial charge in [0.25, 0.3) is 5.91 Å². The molecule has 0 heterocycles. The van der Waals surface area contributed by atoms with Gasteiger partial charge in [0.1, 0.15) is 0 Å². The molecule has 0 unspecified atom stereocenters. The summed E-state index contributed by atoms with van der Waals surface area (Å²) in [6.45, 7) is 0.121. The summed E-state index contributed by atoms with van der Waals surface area (Å²) in [6.07, 6.45) is 4.28. The normalized spacial score (nSPS) is 10.6. The highest BCUT2D eigenvalue weighted by Crippen LogP contribution is 2.18. The van der Waals surface area contributed by atoms with Crippen LogP contribution in [-0.4, -0.2) is 30.7 Å². The molecule has 0 aliphatic carbocycles. The number of amides is 1. The summed E-state index contributed by atoms with van der Waals surface area (Å²) in [6, 6.07) is 14.5. The highest BCUT2D eigenvalue weighted by molar-refractivity contribution is 6.05. The number of hydrogen-bond donors (Lipinski definition) is 2. The molecule has 130 valence electrons. The van der Waals surface area contributed by atoms with Crippen molar-refractivity contribution in [2.45, 2.75) is 12.8 Å². The molecule has 0 fully saturated rings. The number of aliphatic hydroxyl groups excluding tert-OH is 1. The van der Waals surface area contributed by atoms with E-state index in [2.05, 4.69) is 10.1 Å². The van der Waals surface area contributed by atoms with Crippen molar-refractivity contribution in [1.29, 1.82) is 0 Å². The van der Waals surface area contributed by atoms with Gasteiger partial charge in [-0.3, -0.25) is 4.79 Å². The number of aliphatic hydroxyl groups is 1. The molecule has 5 heteroatoms. The first-order valence-corrected chi connectivity index (χ1v) is 8.00. The van der Waals surface area contributed by atoms with E-state index in [-0.39, 0.29) is 12.5 Å². The lowest BCUT2D eigenvalue weighted by Gasteiger charge is -2.09. The van der Waals surface area contributed by atoms with E-state index in [4.69, 9.17) is 5.11 Å². The Kier molecular flexibility index (Phi) is 6.92. The molecule has 0 saturated carbocycles. The zero-order valence-corrected chi connectivity index (χ0v) is 14.1. The first-order valence-electron chi connectivity index (χ1n) is 8.00. The van der Waals surface area contributed by atoms with Crippen LogP contribution in [0, 0.1) is 0 Å². The summed E-state index contributed by atoms with van der Waals surface area (Å²) < 4.78 is 4.58. The highest BCUT2D eigenvalue weighted by atomic mass is 16.5. The van der Waals surface area contributed by atoms with Crippen molar-refractivity contribution in [1.82, 2.24) is 0 Å². The number of ether oxygens (including phenoxy) is 1. The molecule has 2 aromatic rings. The van der Waals surface area contributed by atoms with Crippen LogP contribution in [0.25, 0.3) is 6.08 Å². The molecule has 2 rings (SSSR count). The third kappa shape index (κ3) is 5.58. The average Bonchev–Trinajstić information content (AvgIpc) is 2.65. The molecule has 0 saturated heterocycles. The number of carbonyl (C=O) groups is 2. The first-order chi connectivity index (χ1) is 12.1. The van der Waals surface area contributed by atoms with Gasteiger partial charge in [-0.25, -0.2) is 4.79 Å². The van der Waals surface area contributed by atoms with Crippen LogP contribution in [0.5, 0.6) is 0 Å². The zero-order valence-electron chi connectivity index (χ0n) is 14.1. The van der Waals surface area contributed by atoms with Crippen molar-refractivity contribution in [2.24, 2.45) is 0 Å². The fourth-order valence-electron chi connectivity index (χ4n) is 2.33. The Hall–Kier alpha value is -2.92. The molecule has 2 aromatic carbocycles. The molecular weight excluding hydrogens is 318 g/mol. The highest BCUT2D eigenvalue weighted by Gasteiger charge is 2.09. The predicted octanol–water partition coefficient (Wildman–Crippen LogP) is 3.05. The minimum absolute atomic E-state index is 0.121. The fourth-order valence-corrected chi connectivity index (χ4v) is 2.33. The lowest BCUT2D eigenvalue weighted by molar-refractivity contribution is -0.134. The number of hydrogen-bond acceptors (Lipinski definition) is 4. The monoisotopic (exact) mass is 339 g/mol. The molecule has 0 radical (unpaired) electrons. The maximum Gasteiger partial charge on any atom is 0.330 e. The Morgan fingerprint density at radius 2 is 1.96 bits per heavy atom. The number of benzene rings is 2. The third-order valence-corrected chi connectivity index (χ3v) is 3.62. The van der Waals surface area contributed by atoms with Crippen LogP contribution in [0.2, 0.25) is 0 Å². The Balaban J connectivity index is 2.15. The van der Waals surface area contributed by atoms with Crippen LogP contribution in [0.4, 0.5) is 5.69 Å². The number of nitrogens with one attached hydrogen (secondary N) is 1. The summed E-state index contributed by atoms with van der Waals surface area (Å²) in [5.74, 6) is -0.692. The van der Waals surface area contributed by atoms with Gasteiger partial charge in [0.05, 0.1) is 7.11 Å². The first kappa shape index (κ1) is 18.4. The quantitative estimate of drug-likeness (QED) is 0.600. The number of aryl methyl sites for hydroxylation is 1. The lowest BCUT2D eigenvalue weighted by Crippen LogP contribution is -2.13. The number of anilines is 1. The van der Waals surface area contributed by atoms with Crippen LogP contribution in [0.3, 0.4) is 0 Å². The second-order valence-corrected chi connectivity index (χ2v) is 5.43. The van der Waals surface area contributed by atoms with Gasteiger partial charge < -0.3 is 15.2 Å². The smallest absolute Gasteiger partial charge is 0.330 e. The van der Waals surface area contributed by atoms with E-state index >= 15 is 0 Å². The van der Waals surface area contributed by atoms with Gasteiger partial charge >= 0.3 is 5.97 Å². The maximum absolute atomic E-state index is 12.5. The predicted molar refractivity (Wildman–Crippen MR) is 97.3 cm³/mol. The van der Waals surface area contributed by atoms with Crippen LogP contribution >= 0.6 is 0 Å². The summed E-state index contributed by atoms with van der Waals surface area (Å²) >= 11 is 0. The van der Waals surface area contributed by atoms with E-state index in [1.807, 2.05) is 30.3 Å². The average molecular weight is 339 g/mol. The second-order valence-electron chi connectivity index (χ2n) is 5.43. The molecule has 2 N–H and O–H groups in total. The fraction of sp³-hybridized carbons (Fsp3) is 0.200. The van der Waals surface area contributed by atoms with Crippen LogP contribution < -0.4 is 5.32 Å². The van der Waals surface area contributed by atoms with Gasteiger partial charge in [-0.1, -0.05) is 30.3 Å². The molecule has 1 amide bonds. The van der Waals surface area contributed by atoms with E-state index in [0.29, 0.717) is 23.2 Å². The van der Waals surface area contributed by atoms with E-state index < -0.39 is 5.97 Å². The standard InChI is InChI=1S/C20H21NO4/c1-25-19(23)12-11-16-8-2-3-10-18(16)21-20(24)17-9-4-6-15(14-17)7-5-13-22/h2-4,6,8-12,14,22H,5,7,13H2,1H3,(H,21,24)/b12-11+. The van der Waals surface area contributed by atoms with Crippen molar-refractivity contribution in [3.8, 4) is 0 Å². The molecular formula is C20H21NO4. The Labute approximate surface area is 146 Å². The van der Waals surface area contributed by atoms with Gasteiger partial charge in [-0.05, 0) is 48.2 Å². The second kappa shape index (κ2) is 9.39. The number of esters is 1. The SMILES string of the molecule is COC(=O)/C=C/c1ccccc1NC(=O)c1cccc(CCCO)c1. The van der Waals surface area contributed by atoms with Crippen molar-refractivity contribution in [2.75, 3.05) is 19.0 Å². The van der Waals surface area contributed by atoms with E-state index in [9.17, 15) is 9.59 Å². The third-order valence-electron chi connectivity index (χ3n) is 3.62. The molecule has 0 bridgehead atoms. The van der Waals surface area contributed by atoms with E-state index in [1.165, 1.54) is 13.2 Å². The summed E-state index contributed by atoms with van der Waals surface area (Å²) in [4.78, 5) is 23.8. The number of carbonyl (C=O) groups excluding carboxylic acids is 2. The van der Waals surface area contributed by atoms with Crippen molar-refractivity contribution >= 4 is 23.6 Å². The van der Waals surface area contributed by atoms with Crippen LogP contribution in [0.1, 0.15) is 27.9 Å². The molecule has 0 spiro atoms. The molecule has 0 atom stereocenters. The Bertz CT molecular complexity index is 768. The minimum Gasteiger partial charge on any atom is -0.466 e. The summed E-state index contributed by atoms with van der Waals surface area (Å²) in [5, 5.41) is 11.8. The van der Waals surface area contributed by atoms with Crippen LogP contribution in [-0.2, 0) is 16.0 Å². The maximum atomic E-state index is 12.5. The Morgan fingerprint density at radius 3 is 2.72 bits per heavy atom. The Morgan fingerprint density at radius 1 is 1.16 bits per heavy atom. The van der Waals surface area contributed by atoms with Gasteiger partial charge in [0.15, 0.2) is 0 Å².